The minimum atomic E-state index is -0.307. The normalized spacial score (nSPS) is 17.4. The topological polar surface area (TPSA) is 58.4 Å². The van der Waals surface area contributed by atoms with E-state index in [4.69, 9.17) is 0 Å². The largest absolute Gasteiger partial charge is 0.378 e. The van der Waals surface area contributed by atoms with Crippen LogP contribution in [0.15, 0.2) is 18.2 Å². The zero-order valence-corrected chi connectivity index (χ0v) is 11.6. The molecule has 0 radical (unpaired) electrons. The minimum absolute atomic E-state index is 0.191. The van der Waals surface area contributed by atoms with Crippen molar-refractivity contribution in [3.63, 3.8) is 0 Å². The molecule has 1 unspecified atom stereocenters. The predicted octanol–water partition coefficient (Wildman–Crippen LogP) is 2.80. The Balaban J connectivity index is 2.02. The third-order valence-electron chi connectivity index (χ3n) is 3.77. The van der Waals surface area contributed by atoms with Crippen LogP contribution in [0.3, 0.4) is 0 Å². The van der Waals surface area contributed by atoms with Gasteiger partial charge in [-0.15, -0.1) is 0 Å². The van der Waals surface area contributed by atoms with Gasteiger partial charge in [0.25, 0.3) is 5.69 Å². The number of hydrogen-bond donors (Lipinski definition) is 1. The maximum absolute atomic E-state index is 11.1. The zero-order valence-electron chi connectivity index (χ0n) is 11.6. The van der Waals surface area contributed by atoms with Gasteiger partial charge in [-0.1, -0.05) is 12.1 Å². The summed E-state index contributed by atoms with van der Waals surface area (Å²) in [6.45, 7) is 6.95. The molecule has 1 N–H and O–H groups in total. The average molecular weight is 263 g/mol. The van der Waals surface area contributed by atoms with Crippen molar-refractivity contribution in [2.45, 2.75) is 32.7 Å². The van der Waals surface area contributed by atoms with E-state index in [0.717, 1.165) is 19.6 Å². The molecule has 0 bridgehead atoms. The van der Waals surface area contributed by atoms with Crippen molar-refractivity contribution in [1.29, 1.82) is 0 Å². The Labute approximate surface area is 113 Å². The van der Waals surface area contributed by atoms with Crippen LogP contribution in [0.1, 0.15) is 25.3 Å². The van der Waals surface area contributed by atoms with E-state index in [-0.39, 0.29) is 10.6 Å². The second-order valence-corrected chi connectivity index (χ2v) is 5.20. The summed E-state index contributed by atoms with van der Waals surface area (Å²) < 4.78 is 0. The predicted molar refractivity (Wildman–Crippen MR) is 76.6 cm³/mol. The summed E-state index contributed by atoms with van der Waals surface area (Å²) in [4.78, 5) is 13.2. The van der Waals surface area contributed by atoms with E-state index in [0.29, 0.717) is 17.3 Å². The fraction of sp³-hybridized carbons (Fsp3) is 0.571. The number of nitro benzene ring substituents is 1. The lowest BCUT2D eigenvalue weighted by Gasteiger charge is -2.24. The van der Waals surface area contributed by atoms with Gasteiger partial charge in [-0.2, -0.15) is 0 Å². The number of likely N-dealkylation sites (tertiary alicyclic amines) is 1. The highest BCUT2D eigenvalue weighted by atomic mass is 16.6. The lowest BCUT2D eigenvalue weighted by Crippen LogP contribution is -2.35. The second-order valence-electron chi connectivity index (χ2n) is 5.20. The summed E-state index contributed by atoms with van der Waals surface area (Å²) in [5.74, 6) is 0. The van der Waals surface area contributed by atoms with Crippen molar-refractivity contribution >= 4 is 11.4 Å². The van der Waals surface area contributed by atoms with E-state index < -0.39 is 0 Å². The second kappa shape index (κ2) is 6.02. The summed E-state index contributed by atoms with van der Waals surface area (Å²) in [6, 6.07) is 5.81. The average Bonchev–Trinajstić information content (AvgIpc) is 2.89. The SMILES string of the molecule is Cc1cccc(NCC(C)N2CCCC2)c1[N+](=O)[O-]. The highest BCUT2D eigenvalue weighted by Gasteiger charge is 2.20. The molecule has 5 heteroatoms. The van der Waals surface area contributed by atoms with E-state index in [1.54, 1.807) is 19.1 Å². The molecule has 1 saturated heterocycles. The van der Waals surface area contributed by atoms with E-state index in [1.807, 2.05) is 6.07 Å². The van der Waals surface area contributed by atoms with Crippen molar-refractivity contribution < 1.29 is 4.92 Å². The van der Waals surface area contributed by atoms with Crippen LogP contribution < -0.4 is 5.32 Å². The van der Waals surface area contributed by atoms with Crippen molar-refractivity contribution in [1.82, 2.24) is 4.90 Å². The van der Waals surface area contributed by atoms with Crippen LogP contribution in [0.2, 0.25) is 0 Å². The third-order valence-corrected chi connectivity index (χ3v) is 3.77. The molecule has 5 nitrogen and oxygen atoms in total. The van der Waals surface area contributed by atoms with Gasteiger partial charge in [0, 0.05) is 18.2 Å². The smallest absolute Gasteiger partial charge is 0.295 e. The molecule has 1 fully saturated rings. The number of nitrogens with one attached hydrogen (secondary N) is 1. The molecular formula is C14H21N3O2. The molecule has 2 rings (SSSR count). The maximum atomic E-state index is 11.1. The van der Waals surface area contributed by atoms with Crippen LogP contribution in [0.25, 0.3) is 0 Å². The lowest BCUT2D eigenvalue weighted by molar-refractivity contribution is -0.384. The van der Waals surface area contributed by atoms with Crippen LogP contribution in [0, 0.1) is 17.0 Å². The third kappa shape index (κ3) is 3.23. The first-order valence-corrected chi connectivity index (χ1v) is 6.81. The van der Waals surface area contributed by atoms with Gasteiger partial charge in [0.2, 0.25) is 0 Å². The van der Waals surface area contributed by atoms with Crippen LogP contribution >= 0.6 is 0 Å². The molecule has 0 aromatic heterocycles. The van der Waals surface area contributed by atoms with E-state index >= 15 is 0 Å². The Bertz CT molecular complexity index is 456. The van der Waals surface area contributed by atoms with Crippen molar-refractivity contribution in [3.05, 3.63) is 33.9 Å². The van der Waals surface area contributed by atoms with Crippen molar-refractivity contribution in [2.75, 3.05) is 25.0 Å². The van der Waals surface area contributed by atoms with Gasteiger partial charge >= 0.3 is 0 Å². The van der Waals surface area contributed by atoms with Crippen molar-refractivity contribution in [3.8, 4) is 0 Å². The molecule has 1 aliphatic heterocycles. The number of aryl methyl sites for hydroxylation is 1. The molecule has 19 heavy (non-hydrogen) atoms. The highest BCUT2D eigenvalue weighted by Crippen LogP contribution is 2.28. The lowest BCUT2D eigenvalue weighted by atomic mass is 10.1. The molecule has 1 heterocycles. The van der Waals surface area contributed by atoms with Crippen LogP contribution in [-0.2, 0) is 0 Å². The molecule has 104 valence electrons. The first-order valence-electron chi connectivity index (χ1n) is 6.81. The highest BCUT2D eigenvalue weighted by molar-refractivity contribution is 5.65. The summed E-state index contributed by atoms with van der Waals surface area (Å²) >= 11 is 0. The standard InChI is InChI=1S/C14H21N3O2/c1-11-6-5-7-13(14(11)17(18)19)15-10-12(2)16-8-3-4-9-16/h5-7,12,15H,3-4,8-10H2,1-2H3. The zero-order chi connectivity index (χ0) is 13.8. The van der Waals surface area contributed by atoms with Gasteiger partial charge in [0.15, 0.2) is 0 Å². The molecule has 1 aromatic carbocycles. The molecule has 0 saturated carbocycles. The van der Waals surface area contributed by atoms with Gasteiger partial charge in [-0.3, -0.25) is 15.0 Å². The first kappa shape index (κ1) is 13.8. The minimum Gasteiger partial charge on any atom is -0.378 e. The summed E-state index contributed by atoms with van der Waals surface area (Å²) in [6.07, 6.45) is 2.52. The Kier molecular flexibility index (Phi) is 4.37. The fourth-order valence-electron chi connectivity index (χ4n) is 2.61. The van der Waals surface area contributed by atoms with E-state index in [9.17, 15) is 10.1 Å². The summed E-state index contributed by atoms with van der Waals surface area (Å²) in [5.41, 5.74) is 1.51. The molecular weight excluding hydrogens is 242 g/mol. The number of para-hydroxylation sites is 1. The molecule has 0 amide bonds. The summed E-state index contributed by atoms with van der Waals surface area (Å²) in [5, 5.41) is 14.3. The number of hydrogen-bond acceptors (Lipinski definition) is 4. The molecule has 0 spiro atoms. The Morgan fingerprint density at radius 1 is 1.42 bits per heavy atom. The number of rotatable bonds is 5. The number of anilines is 1. The van der Waals surface area contributed by atoms with Crippen LogP contribution in [0.5, 0.6) is 0 Å². The van der Waals surface area contributed by atoms with Gasteiger partial charge < -0.3 is 5.32 Å². The van der Waals surface area contributed by atoms with Crippen LogP contribution in [0.4, 0.5) is 11.4 Å². The monoisotopic (exact) mass is 263 g/mol. The number of benzene rings is 1. The Morgan fingerprint density at radius 3 is 2.74 bits per heavy atom. The van der Waals surface area contributed by atoms with Crippen LogP contribution in [-0.4, -0.2) is 35.5 Å². The first-order chi connectivity index (χ1) is 9.09. The number of nitrogens with zero attached hydrogens (tertiary/aromatic N) is 2. The van der Waals surface area contributed by atoms with E-state index in [1.165, 1.54) is 12.8 Å². The van der Waals surface area contributed by atoms with E-state index in [2.05, 4.69) is 17.1 Å². The Hall–Kier alpha value is -1.62. The molecule has 1 aliphatic rings. The summed E-state index contributed by atoms with van der Waals surface area (Å²) in [7, 11) is 0. The molecule has 1 aromatic rings. The van der Waals surface area contributed by atoms with Gasteiger partial charge in [0.05, 0.1) is 4.92 Å². The molecule has 0 aliphatic carbocycles. The van der Waals surface area contributed by atoms with Gasteiger partial charge in [0.1, 0.15) is 5.69 Å². The van der Waals surface area contributed by atoms with Crippen molar-refractivity contribution in [2.24, 2.45) is 0 Å². The fourth-order valence-corrected chi connectivity index (χ4v) is 2.61. The van der Waals surface area contributed by atoms with Gasteiger partial charge in [-0.25, -0.2) is 0 Å². The van der Waals surface area contributed by atoms with Gasteiger partial charge in [-0.05, 0) is 45.8 Å². The Morgan fingerprint density at radius 2 is 2.11 bits per heavy atom. The molecule has 1 atom stereocenters. The maximum Gasteiger partial charge on any atom is 0.295 e. The quantitative estimate of drug-likeness (QED) is 0.655. The number of nitro groups is 1.